The molecule has 1 aliphatic rings. The maximum atomic E-state index is 8.48. The van der Waals surface area contributed by atoms with E-state index < -0.39 is 0 Å². The Morgan fingerprint density at radius 3 is 2.90 bits per heavy atom. The summed E-state index contributed by atoms with van der Waals surface area (Å²) in [6.45, 7) is 2.09. The number of nitrogens with zero attached hydrogens (tertiary/aromatic N) is 1. The van der Waals surface area contributed by atoms with E-state index in [9.17, 15) is 0 Å². The molecule has 0 aromatic carbocycles. The molecule has 2 unspecified atom stereocenters. The first-order valence-corrected chi connectivity index (χ1v) is 4.04. The van der Waals surface area contributed by atoms with E-state index in [1.807, 2.05) is 0 Å². The van der Waals surface area contributed by atoms with Gasteiger partial charge in [-0.25, -0.2) is 0 Å². The van der Waals surface area contributed by atoms with Gasteiger partial charge in [-0.2, -0.15) is 0 Å². The highest BCUT2D eigenvalue weighted by Crippen LogP contribution is 2.25. The van der Waals surface area contributed by atoms with Crippen LogP contribution in [0.15, 0.2) is 5.16 Å². The third-order valence-electron chi connectivity index (χ3n) is 2.04. The second-order valence-corrected chi connectivity index (χ2v) is 3.33. The molecule has 0 spiro atoms. The first-order valence-electron chi connectivity index (χ1n) is 3.60. The molecule has 1 aliphatic carbocycles. The van der Waals surface area contributed by atoms with Crippen LogP contribution in [0.5, 0.6) is 0 Å². The number of halogens is 1. The zero-order valence-electron chi connectivity index (χ0n) is 6.05. The first kappa shape index (κ1) is 7.86. The minimum atomic E-state index is -0.0428. The average molecular weight is 162 g/mol. The van der Waals surface area contributed by atoms with Crippen LogP contribution in [0.25, 0.3) is 0 Å². The van der Waals surface area contributed by atoms with Crippen molar-refractivity contribution in [3.63, 3.8) is 0 Å². The van der Waals surface area contributed by atoms with Crippen LogP contribution in [0.2, 0.25) is 0 Å². The molecular weight excluding hydrogens is 150 g/mol. The Morgan fingerprint density at radius 1 is 1.70 bits per heavy atom. The lowest BCUT2D eigenvalue weighted by Gasteiger charge is -2.23. The summed E-state index contributed by atoms with van der Waals surface area (Å²) >= 11 is 5.94. The van der Waals surface area contributed by atoms with E-state index in [-0.39, 0.29) is 5.38 Å². The molecule has 10 heavy (non-hydrogen) atoms. The van der Waals surface area contributed by atoms with Crippen LogP contribution in [-0.2, 0) is 0 Å². The molecule has 2 nitrogen and oxygen atoms in total. The fraction of sp³-hybridized carbons (Fsp3) is 0.857. The van der Waals surface area contributed by atoms with Gasteiger partial charge in [-0.3, -0.25) is 0 Å². The maximum Gasteiger partial charge on any atom is 0.0776 e. The first-order chi connectivity index (χ1) is 4.75. The van der Waals surface area contributed by atoms with Gasteiger partial charge in [0.25, 0.3) is 0 Å². The molecule has 0 aromatic rings. The van der Waals surface area contributed by atoms with Crippen molar-refractivity contribution in [2.24, 2.45) is 11.1 Å². The van der Waals surface area contributed by atoms with E-state index in [0.29, 0.717) is 5.92 Å². The monoisotopic (exact) mass is 161 g/mol. The van der Waals surface area contributed by atoms with Crippen molar-refractivity contribution in [2.45, 2.75) is 31.6 Å². The Bertz CT molecular complexity index is 147. The van der Waals surface area contributed by atoms with Gasteiger partial charge in [0.1, 0.15) is 0 Å². The van der Waals surface area contributed by atoms with E-state index in [1.54, 1.807) is 0 Å². The Balaban J connectivity index is 2.60. The fourth-order valence-corrected chi connectivity index (χ4v) is 1.60. The summed E-state index contributed by atoms with van der Waals surface area (Å²) < 4.78 is 0. The zero-order valence-corrected chi connectivity index (χ0v) is 6.80. The number of hydrogen-bond donors (Lipinski definition) is 1. The lowest BCUT2D eigenvalue weighted by molar-refractivity contribution is 0.311. The second-order valence-electron chi connectivity index (χ2n) is 2.86. The minimum Gasteiger partial charge on any atom is -0.411 e. The Labute approximate surface area is 65.9 Å². The number of hydrogen-bond acceptors (Lipinski definition) is 2. The van der Waals surface area contributed by atoms with E-state index in [0.717, 1.165) is 25.0 Å². The van der Waals surface area contributed by atoms with Gasteiger partial charge in [-0.05, 0) is 25.2 Å². The highest BCUT2D eigenvalue weighted by molar-refractivity contribution is 6.32. The maximum absolute atomic E-state index is 8.48. The van der Waals surface area contributed by atoms with Crippen LogP contribution < -0.4 is 0 Å². The number of rotatable bonds is 0. The molecule has 58 valence electrons. The van der Waals surface area contributed by atoms with E-state index >= 15 is 0 Å². The van der Waals surface area contributed by atoms with Gasteiger partial charge < -0.3 is 5.21 Å². The molecule has 0 aromatic heterocycles. The third kappa shape index (κ3) is 1.43. The van der Waals surface area contributed by atoms with Crippen LogP contribution in [0, 0.1) is 5.92 Å². The van der Waals surface area contributed by atoms with Crippen molar-refractivity contribution in [3.8, 4) is 0 Å². The predicted molar refractivity (Wildman–Crippen MR) is 41.9 cm³/mol. The number of alkyl halides is 1. The molecular formula is C7H12ClNO. The van der Waals surface area contributed by atoms with Crippen LogP contribution in [0.3, 0.4) is 0 Å². The molecule has 0 heterocycles. The van der Waals surface area contributed by atoms with Gasteiger partial charge in [0, 0.05) is 0 Å². The summed E-state index contributed by atoms with van der Waals surface area (Å²) in [5.41, 5.74) is 0.750. The van der Waals surface area contributed by atoms with E-state index in [2.05, 4.69) is 12.1 Å². The Hall–Kier alpha value is -0.240. The van der Waals surface area contributed by atoms with E-state index in [1.165, 1.54) is 0 Å². The standard InChI is InChI=1S/C7H12ClNO/c1-5-3-2-4-6(9-10)7(5)8/h5,7,10H,2-4H2,1H3. The quantitative estimate of drug-likeness (QED) is 0.330. The molecule has 0 radical (unpaired) electrons. The van der Waals surface area contributed by atoms with E-state index in [4.69, 9.17) is 16.8 Å². The van der Waals surface area contributed by atoms with Crippen LogP contribution >= 0.6 is 11.6 Å². The molecule has 0 amide bonds. The molecule has 1 fully saturated rings. The average Bonchev–Trinajstić information content (AvgIpc) is 1.95. The minimum absolute atomic E-state index is 0.0428. The zero-order chi connectivity index (χ0) is 7.56. The molecule has 0 aliphatic heterocycles. The van der Waals surface area contributed by atoms with Crippen LogP contribution in [-0.4, -0.2) is 16.3 Å². The third-order valence-corrected chi connectivity index (χ3v) is 2.72. The van der Waals surface area contributed by atoms with Gasteiger partial charge >= 0.3 is 0 Å². The molecule has 1 N–H and O–H groups in total. The van der Waals surface area contributed by atoms with Gasteiger partial charge in [-0.15, -0.1) is 11.6 Å². The van der Waals surface area contributed by atoms with Gasteiger partial charge in [0.2, 0.25) is 0 Å². The normalized spacial score (nSPS) is 38.4. The summed E-state index contributed by atoms with van der Waals surface area (Å²) in [6, 6.07) is 0. The van der Waals surface area contributed by atoms with Crippen LogP contribution in [0.4, 0.5) is 0 Å². The highest BCUT2D eigenvalue weighted by atomic mass is 35.5. The van der Waals surface area contributed by atoms with Crippen molar-refractivity contribution in [1.29, 1.82) is 0 Å². The Morgan fingerprint density at radius 2 is 2.40 bits per heavy atom. The summed E-state index contributed by atoms with van der Waals surface area (Å²) in [5, 5.41) is 11.6. The van der Waals surface area contributed by atoms with Crippen molar-refractivity contribution in [3.05, 3.63) is 0 Å². The summed E-state index contributed by atoms with van der Waals surface area (Å²) in [4.78, 5) is 0. The molecule has 0 bridgehead atoms. The molecule has 1 rings (SSSR count). The second kappa shape index (κ2) is 3.24. The summed E-state index contributed by atoms with van der Waals surface area (Å²) in [7, 11) is 0. The van der Waals surface area contributed by atoms with Gasteiger partial charge in [0.05, 0.1) is 11.1 Å². The van der Waals surface area contributed by atoms with Crippen molar-refractivity contribution in [2.75, 3.05) is 0 Å². The SMILES string of the molecule is CC1CCCC(=NO)C1Cl. The van der Waals surface area contributed by atoms with Crippen molar-refractivity contribution >= 4 is 17.3 Å². The Kier molecular flexibility index (Phi) is 2.55. The van der Waals surface area contributed by atoms with Crippen molar-refractivity contribution in [1.82, 2.24) is 0 Å². The molecule has 1 saturated carbocycles. The fourth-order valence-electron chi connectivity index (χ4n) is 1.32. The lowest BCUT2D eigenvalue weighted by Crippen LogP contribution is -2.27. The predicted octanol–water partition coefficient (Wildman–Crippen LogP) is 2.24. The molecule has 0 saturated heterocycles. The van der Waals surface area contributed by atoms with Gasteiger partial charge in [0.15, 0.2) is 0 Å². The number of oxime groups is 1. The smallest absolute Gasteiger partial charge is 0.0776 e. The van der Waals surface area contributed by atoms with Gasteiger partial charge in [-0.1, -0.05) is 12.1 Å². The molecule has 3 heteroatoms. The lowest BCUT2D eigenvalue weighted by atomic mass is 9.89. The molecule has 2 atom stereocenters. The topological polar surface area (TPSA) is 32.6 Å². The summed E-state index contributed by atoms with van der Waals surface area (Å²) in [5.74, 6) is 0.460. The summed E-state index contributed by atoms with van der Waals surface area (Å²) in [6.07, 6.45) is 3.10. The van der Waals surface area contributed by atoms with Crippen molar-refractivity contribution < 1.29 is 5.21 Å². The largest absolute Gasteiger partial charge is 0.411 e. The highest BCUT2D eigenvalue weighted by Gasteiger charge is 2.25. The van der Waals surface area contributed by atoms with Crippen LogP contribution in [0.1, 0.15) is 26.2 Å².